The fourth-order valence-corrected chi connectivity index (χ4v) is 1.16. The Bertz CT molecular complexity index is 340. The van der Waals surface area contributed by atoms with Crippen molar-refractivity contribution in [3.8, 4) is 0 Å². The minimum absolute atomic E-state index is 0. The Hall–Kier alpha value is -0.520. The lowest BCUT2D eigenvalue weighted by atomic mass is 10.1. The molecule has 0 aliphatic heterocycles. The van der Waals surface area contributed by atoms with Crippen molar-refractivity contribution in [2.45, 2.75) is 12.2 Å². The summed E-state index contributed by atoms with van der Waals surface area (Å²) in [6.07, 6.45) is -4.63. The standard InChI is InChI=1S/C8H6ClF4N.ClH/c9-6-2-1-4(10)3-5(6)7(14)8(11,12)13;/h1-3,7H,14H2;1H/t7-;/m0./s1. The maximum atomic E-state index is 12.6. The van der Waals surface area contributed by atoms with E-state index in [2.05, 4.69) is 0 Å². The van der Waals surface area contributed by atoms with Crippen molar-refractivity contribution in [1.29, 1.82) is 0 Å². The number of halogens is 6. The summed E-state index contributed by atoms with van der Waals surface area (Å²) in [5, 5.41) is -0.198. The number of nitrogens with two attached hydrogens (primary N) is 1. The van der Waals surface area contributed by atoms with Crippen molar-refractivity contribution >= 4 is 24.0 Å². The largest absolute Gasteiger partial charge is 0.407 e. The van der Waals surface area contributed by atoms with Crippen molar-refractivity contribution < 1.29 is 17.6 Å². The highest BCUT2D eigenvalue weighted by Crippen LogP contribution is 2.34. The normalized spacial score (nSPS) is 13.2. The molecule has 7 heteroatoms. The van der Waals surface area contributed by atoms with Crippen LogP contribution in [-0.2, 0) is 0 Å². The van der Waals surface area contributed by atoms with Crippen LogP contribution in [0, 0.1) is 5.82 Å². The molecule has 0 fully saturated rings. The molecule has 0 bridgehead atoms. The van der Waals surface area contributed by atoms with Gasteiger partial charge in [0.15, 0.2) is 0 Å². The fraction of sp³-hybridized carbons (Fsp3) is 0.250. The van der Waals surface area contributed by atoms with Gasteiger partial charge in [0.2, 0.25) is 0 Å². The topological polar surface area (TPSA) is 26.0 Å². The highest BCUT2D eigenvalue weighted by atomic mass is 35.5. The van der Waals surface area contributed by atoms with Gasteiger partial charge in [-0.25, -0.2) is 4.39 Å². The van der Waals surface area contributed by atoms with Crippen LogP contribution in [0.1, 0.15) is 11.6 Å². The van der Waals surface area contributed by atoms with Crippen LogP contribution in [0.5, 0.6) is 0 Å². The highest BCUT2D eigenvalue weighted by molar-refractivity contribution is 6.31. The highest BCUT2D eigenvalue weighted by Gasteiger charge is 2.39. The number of hydrogen-bond acceptors (Lipinski definition) is 1. The van der Waals surface area contributed by atoms with Crippen LogP contribution in [-0.4, -0.2) is 6.18 Å². The van der Waals surface area contributed by atoms with Gasteiger partial charge < -0.3 is 5.73 Å². The Morgan fingerprint density at radius 3 is 2.27 bits per heavy atom. The molecule has 0 aliphatic carbocycles. The van der Waals surface area contributed by atoms with Crippen LogP contribution in [0.3, 0.4) is 0 Å². The molecule has 0 radical (unpaired) electrons. The van der Waals surface area contributed by atoms with Crippen molar-refractivity contribution in [3.05, 3.63) is 34.6 Å². The molecule has 0 aromatic heterocycles. The van der Waals surface area contributed by atoms with E-state index in [1.54, 1.807) is 0 Å². The summed E-state index contributed by atoms with van der Waals surface area (Å²) in [5.74, 6) is -0.802. The number of benzene rings is 1. The summed E-state index contributed by atoms with van der Waals surface area (Å²) in [7, 11) is 0. The molecule has 86 valence electrons. The van der Waals surface area contributed by atoms with Crippen molar-refractivity contribution in [1.82, 2.24) is 0 Å². The average Bonchev–Trinajstić information content (AvgIpc) is 2.06. The number of hydrogen-bond donors (Lipinski definition) is 1. The molecule has 0 amide bonds. The lowest BCUT2D eigenvalue weighted by Gasteiger charge is -2.16. The Balaban J connectivity index is 0.00000196. The molecule has 1 aromatic carbocycles. The van der Waals surface area contributed by atoms with Crippen molar-refractivity contribution in [2.24, 2.45) is 5.73 Å². The van der Waals surface area contributed by atoms with Crippen LogP contribution in [0.2, 0.25) is 5.02 Å². The Morgan fingerprint density at radius 1 is 1.27 bits per heavy atom. The minimum Gasteiger partial charge on any atom is -0.316 e. The van der Waals surface area contributed by atoms with E-state index in [9.17, 15) is 17.6 Å². The van der Waals surface area contributed by atoms with Gasteiger partial charge in [-0.05, 0) is 23.8 Å². The third-order valence-electron chi connectivity index (χ3n) is 1.65. The summed E-state index contributed by atoms with van der Waals surface area (Å²) in [6.45, 7) is 0. The van der Waals surface area contributed by atoms with Gasteiger partial charge in [0.25, 0.3) is 0 Å². The summed E-state index contributed by atoms with van der Waals surface area (Å²) in [5.41, 5.74) is 4.41. The molecule has 1 rings (SSSR count). The zero-order valence-electron chi connectivity index (χ0n) is 7.18. The van der Waals surface area contributed by atoms with Crippen LogP contribution < -0.4 is 5.73 Å². The van der Waals surface area contributed by atoms with E-state index < -0.39 is 23.6 Å². The van der Waals surface area contributed by atoms with Gasteiger partial charge in [0.05, 0.1) is 0 Å². The quantitative estimate of drug-likeness (QED) is 0.772. The zero-order chi connectivity index (χ0) is 10.9. The van der Waals surface area contributed by atoms with Crippen molar-refractivity contribution in [3.63, 3.8) is 0 Å². The van der Waals surface area contributed by atoms with Gasteiger partial charge in [0.1, 0.15) is 11.9 Å². The molecule has 0 unspecified atom stereocenters. The minimum atomic E-state index is -4.63. The first-order valence-corrected chi connectivity index (χ1v) is 3.97. The fourth-order valence-electron chi connectivity index (χ4n) is 0.929. The number of rotatable bonds is 1. The molecular weight excluding hydrogens is 257 g/mol. The van der Waals surface area contributed by atoms with Gasteiger partial charge in [0, 0.05) is 5.02 Å². The summed E-state index contributed by atoms with van der Waals surface area (Å²) in [4.78, 5) is 0. The molecule has 0 heterocycles. The molecule has 1 nitrogen and oxygen atoms in total. The lowest BCUT2D eigenvalue weighted by Crippen LogP contribution is -2.28. The van der Waals surface area contributed by atoms with Crippen LogP contribution in [0.25, 0.3) is 0 Å². The first-order valence-electron chi connectivity index (χ1n) is 3.59. The summed E-state index contributed by atoms with van der Waals surface area (Å²) < 4.78 is 49.0. The first kappa shape index (κ1) is 14.5. The SMILES string of the molecule is Cl.N[C@@H](c1cc(F)ccc1Cl)C(F)(F)F. The van der Waals surface area contributed by atoms with E-state index in [0.717, 1.165) is 12.1 Å². The summed E-state index contributed by atoms with van der Waals surface area (Å²) in [6, 6.07) is 0.429. The second-order valence-electron chi connectivity index (χ2n) is 2.69. The second kappa shape index (κ2) is 5.01. The van der Waals surface area contributed by atoms with E-state index >= 15 is 0 Å². The Labute approximate surface area is 94.6 Å². The van der Waals surface area contributed by atoms with E-state index in [-0.39, 0.29) is 17.4 Å². The maximum Gasteiger partial charge on any atom is 0.407 e. The van der Waals surface area contributed by atoms with Gasteiger partial charge >= 0.3 is 6.18 Å². The van der Waals surface area contributed by atoms with E-state index in [0.29, 0.717) is 6.07 Å². The Morgan fingerprint density at radius 2 is 1.80 bits per heavy atom. The molecule has 15 heavy (non-hydrogen) atoms. The van der Waals surface area contributed by atoms with Crippen LogP contribution >= 0.6 is 24.0 Å². The molecule has 2 N–H and O–H groups in total. The van der Waals surface area contributed by atoms with Crippen molar-refractivity contribution in [2.75, 3.05) is 0 Å². The predicted octanol–water partition coefficient (Wildman–Crippen LogP) is 3.46. The van der Waals surface area contributed by atoms with E-state index in [1.165, 1.54) is 0 Å². The lowest BCUT2D eigenvalue weighted by molar-refractivity contribution is -0.149. The third kappa shape index (κ3) is 3.52. The molecular formula is C8H7Cl2F4N. The molecule has 1 aromatic rings. The van der Waals surface area contributed by atoms with Gasteiger partial charge in [-0.3, -0.25) is 0 Å². The van der Waals surface area contributed by atoms with E-state index in [4.69, 9.17) is 17.3 Å². The molecule has 0 aliphatic rings. The van der Waals surface area contributed by atoms with Crippen LogP contribution in [0.15, 0.2) is 18.2 Å². The second-order valence-corrected chi connectivity index (χ2v) is 3.09. The molecule has 1 atom stereocenters. The summed E-state index contributed by atoms with van der Waals surface area (Å²) >= 11 is 5.45. The van der Waals surface area contributed by atoms with Gasteiger partial charge in [-0.15, -0.1) is 12.4 Å². The predicted molar refractivity (Wildman–Crippen MR) is 51.6 cm³/mol. The van der Waals surface area contributed by atoms with Gasteiger partial charge in [-0.1, -0.05) is 11.6 Å². The molecule has 0 saturated heterocycles. The first-order chi connectivity index (χ1) is 6.32. The Kier molecular flexibility index (Phi) is 4.83. The average molecular weight is 264 g/mol. The van der Waals surface area contributed by atoms with Crippen LogP contribution in [0.4, 0.5) is 17.6 Å². The monoisotopic (exact) mass is 263 g/mol. The zero-order valence-corrected chi connectivity index (χ0v) is 8.76. The van der Waals surface area contributed by atoms with E-state index in [1.807, 2.05) is 0 Å². The smallest absolute Gasteiger partial charge is 0.316 e. The number of alkyl halides is 3. The van der Waals surface area contributed by atoms with Gasteiger partial charge in [-0.2, -0.15) is 13.2 Å². The third-order valence-corrected chi connectivity index (χ3v) is 1.99. The molecule has 0 saturated carbocycles. The maximum absolute atomic E-state index is 12.6. The molecule has 0 spiro atoms.